The molecule has 1 aliphatic heterocycles. The van der Waals surface area contributed by atoms with Crippen molar-refractivity contribution in [2.24, 2.45) is 0 Å². The molecule has 1 saturated heterocycles. The molecule has 0 aliphatic carbocycles. The molecule has 1 N–H and O–H groups in total. The molecule has 8 heteroatoms. The first-order chi connectivity index (χ1) is 15.6. The Bertz CT molecular complexity index is 1100. The molecule has 166 valence electrons. The van der Waals surface area contributed by atoms with Crippen molar-refractivity contribution in [3.63, 3.8) is 0 Å². The van der Waals surface area contributed by atoms with Gasteiger partial charge in [0, 0.05) is 48.5 Å². The van der Waals surface area contributed by atoms with Crippen LogP contribution in [0.5, 0.6) is 0 Å². The summed E-state index contributed by atoms with van der Waals surface area (Å²) in [7, 11) is 0. The maximum absolute atomic E-state index is 13.0. The predicted molar refractivity (Wildman–Crippen MR) is 127 cm³/mol. The van der Waals surface area contributed by atoms with Gasteiger partial charge in [-0.15, -0.1) is 0 Å². The van der Waals surface area contributed by atoms with E-state index in [0.29, 0.717) is 31.8 Å². The van der Waals surface area contributed by atoms with Gasteiger partial charge in [-0.25, -0.2) is 4.79 Å². The van der Waals surface area contributed by atoms with Crippen LogP contribution in [0.4, 0.5) is 10.5 Å². The molecule has 2 heterocycles. The molecule has 1 aliphatic rings. The SMILES string of the molecule is CCOC(=O)N1CCN(C(=O)c2ccc(NSc3cccc4cccnc34)cc2)C(C)C1. The van der Waals surface area contributed by atoms with Crippen LogP contribution in [0.15, 0.2) is 65.7 Å². The van der Waals surface area contributed by atoms with Crippen molar-refractivity contribution in [2.75, 3.05) is 31.0 Å². The number of ether oxygens (including phenoxy) is 1. The van der Waals surface area contributed by atoms with Gasteiger partial charge in [0.25, 0.3) is 5.91 Å². The number of rotatable bonds is 5. The summed E-state index contributed by atoms with van der Waals surface area (Å²) in [6, 6.07) is 17.4. The van der Waals surface area contributed by atoms with Gasteiger partial charge >= 0.3 is 6.09 Å². The van der Waals surface area contributed by atoms with E-state index in [-0.39, 0.29) is 18.0 Å². The first-order valence-electron chi connectivity index (χ1n) is 10.7. The monoisotopic (exact) mass is 450 g/mol. The van der Waals surface area contributed by atoms with Crippen LogP contribution in [0.1, 0.15) is 24.2 Å². The molecule has 0 saturated carbocycles. The lowest BCUT2D eigenvalue weighted by atomic mass is 10.1. The second-order valence-corrected chi connectivity index (χ2v) is 8.45. The normalized spacial score (nSPS) is 16.1. The Morgan fingerprint density at radius 1 is 1.12 bits per heavy atom. The number of hydrogen-bond donors (Lipinski definition) is 1. The number of carbonyl (C=O) groups excluding carboxylic acids is 2. The van der Waals surface area contributed by atoms with Crippen LogP contribution in [-0.2, 0) is 4.74 Å². The van der Waals surface area contributed by atoms with Crippen LogP contribution >= 0.6 is 11.9 Å². The number of benzene rings is 2. The Morgan fingerprint density at radius 2 is 1.91 bits per heavy atom. The zero-order chi connectivity index (χ0) is 22.5. The number of nitrogens with zero attached hydrogens (tertiary/aromatic N) is 3. The van der Waals surface area contributed by atoms with Gasteiger partial charge in [0.05, 0.1) is 17.0 Å². The Morgan fingerprint density at radius 3 is 2.66 bits per heavy atom. The molecule has 0 radical (unpaired) electrons. The molecular weight excluding hydrogens is 424 g/mol. The third-order valence-corrected chi connectivity index (χ3v) is 6.31. The van der Waals surface area contributed by atoms with Crippen LogP contribution in [0.3, 0.4) is 0 Å². The number of aromatic nitrogens is 1. The number of para-hydroxylation sites is 1. The van der Waals surface area contributed by atoms with Crippen LogP contribution in [0.2, 0.25) is 0 Å². The number of piperazine rings is 1. The van der Waals surface area contributed by atoms with E-state index in [4.69, 9.17) is 4.74 Å². The number of pyridine rings is 1. The van der Waals surface area contributed by atoms with E-state index in [2.05, 4.69) is 9.71 Å². The molecule has 0 bridgehead atoms. The van der Waals surface area contributed by atoms with Gasteiger partial charge in [0.2, 0.25) is 0 Å². The molecule has 4 rings (SSSR count). The minimum absolute atomic E-state index is 0.0292. The van der Waals surface area contributed by atoms with E-state index in [9.17, 15) is 9.59 Å². The van der Waals surface area contributed by atoms with Gasteiger partial charge in [-0.3, -0.25) is 9.78 Å². The molecule has 1 unspecified atom stereocenters. The first kappa shape index (κ1) is 22.0. The zero-order valence-electron chi connectivity index (χ0n) is 18.2. The van der Waals surface area contributed by atoms with Gasteiger partial charge in [0.15, 0.2) is 0 Å². The number of amides is 2. The highest BCUT2D eigenvalue weighted by Crippen LogP contribution is 2.27. The Balaban J connectivity index is 1.37. The van der Waals surface area contributed by atoms with Crippen LogP contribution in [0.25, 0.3) is 10.9 Å². The van der Waals surface area contributed by atoms with Crippen molar-refractivity contribution in [3.8, 4) is 0 Å². The highest BCUT2D eigenvalue weighted by atomic mass is 32.2. The van der Waals surface area contributed by atoms with E-state index in [0.717, 1.165) is 21.5 Å². The maximum Gasteiger partial charge on any atom is 0.409 e. The second kappa shape index (κ2) is 9.91. The van der Waals surface area contributed by atoms with Crippen molar-refractivity contribution >= 4 is 40.5 Å². The molecule has 1 aromatic heterocycles. The number of nitrogens with one attached hydrogen (secondary N) is 1. The number of hydrogen-bond acceptors (Lipinski definition) is 6. The fourth-order valence-electron chi connectivity index (χ4n) is 3.76. The number of anilines is 1. The third kappa shape index (κ3) is 4.80. The van der Waals surface area contributed by atoms with Crippen molar-refractivity contribution < 1.29 is 14.3 Å². The molecule has 1 atom stereocenters. The lowest BCUT2D eigenvalue weighted by Gasteiger charge is -2.39. The summed E-state index contributed by atoms with van der Waals surface area (Å²) in [5.74, 6) is -0.0292. The fourth-order valence-corrected chi connectivity index (χ4v) is 4.54. The molecule has 2 aromatic carbocycles. The summed E-state index contributed by atoms with van der Waals surface area (Å²) >= 11 is 1.50. The molecule has 7 nitrogen and oxygen atoms in total. The van der Waals surface area contributed by atoms with Gasteiger partial charge in [-0.05, 0) is 62.2 Å². The van der Waals surface area contributed by atoms with E-state index in [1.165, 1.54) is 11.9 Å². The lowest BCUT2D eigenvalue weighted by Crippen LogP contribution is -2.55. The fraction of sp³-hybridized carbons (Fsp3) is 0.292. The van der Waals surface area contributed by atoms with Crippen molar-refractivity contribution in [2.45, 2.75) is 24.8 Å². The number of carbonyl (C=O) groups is 2. The molecule has 32 heavy (non-hydrogen) atoms. The van der Waals surface area contributed by atoms with Crippen LogP contribution in [0, 0.1) is 0 Å². The summed E-state index contributed by atoms with van der Waals surface area (Å²) in [4.78, 5) is 33.9. The molecular formula is C24H26N4O3S. The predicted octanol–water partition coefficient (Wildman–Crippen LogP) is 4.66. The highest BCUT2D eigenvalue weighted by Gasteiger charge is 2.30. The van der Waals surface area contributed by atoms with Crippen molar-refractivity contribution in [3.05, 3.63) is 66.4 Å². The van der Waals surface area contributed by atoms with E-state index in [1.54, 1.807) is 18.0 Å². The quantitative estimate of drug-likeness (QED) is 0.570. The Kier molecular flexibility index (Phi) is 6.80. The minimum Gasteiger partial charge on any atom is -0.450 e. The topological polar surface area (TPSA) is 74.8 Å². The summed E-state index contributed by atoms with van der Waals surface area (Å²) < 4.78 is 8.40. The third-order valence-electron chi connectivity index (χ3n) is 5.42. The highest BCUT2D eigenvalue weighted by molar-refractivity contribution is 8.00. The van der Waals surface area contributed by atoms with Gasteiger partial charge in [0.1, 0.15) is 0 Å². The second-order valence-electron chi connectivity index (χ2n) is 7.61. The molecule has 2 amide bonds. The van der Waals surface area contributed by atoms with Gasteiger partial charge in [-0.1, -0.05) is 18.2 Å². The molecule has 1 fully saturated rings. The van der Waals surface area contributed by atoms with E-state index >= 15 is 0 Å². The summed E-state index contributed by atoms with van der Waals surface area (Å²) in [5.41, 5.74) is 2.48. The minimum atomic E-state index is -0.319. The molecule has 0 spiro atoms. The zero-order valence-corrected chi connectivity index (χ0v) is 19.0. The van der Waals surface area contributed by atoms with Crippen molar-refractivity contribution in [1.29, 1.82) is 0 Å². The standard InChI is InChI=1S/C24H26N4O3S/c1-3-31-24(30)27-14-15-28(17(2)16-27)23(29)19-9-11-20(12-10-19)26-32-21-8-4-6-18-7-5-13-25-22(18)21/h4-13,17,26H,3,14-16H2,1-2H3. The van der Waals surface area contributed by atoms with E-state index in [1.807, 2.05) is 66.4 Å². The van der Waals surface area contributed by atoms with Crippen LogP contribution < -0.4 is 4.72 Å². The summed E-state index contributed by atoms with van der Waals surface area (Å²) in [5, 5.41) is 1.09. The van der Waals surface area contributed by atoms with E-state index < -0.39 is 0 Å². The average molecular weight is 451 g/mol. The Hall–Kier alpha value is -3.26. The Labute approximate surface area is 191 Å². The van der Waals surface area contributed by atoms with Crippen LogP contribution in [-0.4, -0.2) is 59.1 Å². The number of fused-ring (bicyclic) bond motifs is 1. The first-order valence-corrected chi connectivity index (χ1v) is 11.5. The largest absolute Gasteiger partial charge is 0.450 e. The summed E-state index contributed by atoms with van der Waals surface area (Å²) in [6.45, 7) is 5.53. The van der Waals surface area contributed by atoms with Crippen molar-refractivity contribution in [1.82, 2.24) is 14.8 Å². The molecule has 3 aromatic rings. The lowest BCUT2D eigenvalue weighted by molar-refractivity contribution is 0.0423. The van der Waals surface area contributed by atoms with Gasteiger partial charge in [-0.2, -0.15) is 0 Å². The average Bonchev–Trinajstić information content (AvgIpc) is 2.82. The van der Waals surface area contributed by atoms with Gasteiger partial charge < -0.3 is 19.3 Å². The maximum atomic E-state index is 13.0. The summed E-state index contributed by atoms with van der Waals surface area (Å²) in [6.07, 6.45) is 1.47. The smallest absolute Gasteiger partial charge is 0.409 e.